The predicted molar refractivity (Wildman–Crippen MR) is 115 cm³/mol. The number of para-hydroxylation sites is 1. The summed E-state index contributed by atoms with van der Waals surface area (Å²) in [5.41, 5.74) is 3.72. The standard InChI is InChI=1S/C23H27N5O/c1-17-25-21-15-18(7-8-22(21)28(17)19-5-3-2-4-6-19)23(29)27-12-9-20(16-27)26-13-10-24-11-14-26/h2-8,15,20,24H,9-14,16H2,1H3. The quantitative estimate of drug-likeness (QED) is 0.748. The van der Waals surface area contributed by atoms with Crippen LogP contribution in [0.15, 0.2) is 48.5 Å². The molecular weight excluding hydrogens is 362 g/mol. The van der Waals surface area contributed by atoms with E-state index in [1.54, 1.807) is 0 Å². The first kappa shape index (κ1) is 18.3. The summed E-state index contributed by atoms with van der Waals surface area (Å²) in [6.45, 7) is 7.92. The lowest BCUT2D eigenvalue weighted by Crippen LogP contribution is -2.49. The molecule has 2 aliphatic heterocycles. The maximum atomic E-state index is 13.1. The van der Waals surface area contributed by atoms with Crippen molar-refractivity contribution in [1.29, 1.82) is 0 Å². The van der Waals surface area contributed by atoms with Crippen molar-refractivity contribution < 1.29 is 4.79 Å². The number of nitrogens with zero attached hydrogens (tertiary/aromatic N) is 4. The summed E-state index contributed by atoms with van der Waals surface area (Å²) in [4.78, 5) is 22.4. The second-order valence-electron chi connectivity index (χ2n) is 8.01. The van der Waals surface area contributed by atoms with E-state index in [1.807, 2.05) is 48.2 Å². The Morgan fingerprint density at radius 3 is 2.66 bits per heavy atom. The van der Waals surface area contributed by atoms with Gasteiger partial charge in [-0.3, -0.25) is 14.3 Å². The average Bonchev–Trinajstić information content (AvgIpc) is 3.38. The number of carbonyl (C=O) groups excluding carboxylic acids is 1. The number of rotatable bonds is 3. The topological polar surface area (TPSA) is 53.4 Å². The number of likely N-dealkylation sites (tertiary alicyclic amines) is 1. The Balaban J connectivity index is 1.37. The smallest absolute Gasteiger partial charge is 0.253 e. The minimum Gasteiger partial charge on any atom is -0.337 e. The SMILES string of the molecule is Cc1nc2cc(C(=O)N3CCC(N4CCNCC4)C3)ccc2n1-c1ccccc1. The molecule has 29 heavy (non-hydrogen) atoms. The number of piperazine rings is 1. The van der Waals surface area contributed by atoms with E-state index in [4.69, 9.17) is 4.98 Å². The number of imidazole rings is 1. The van der Waals surface area contributed by atoms with Gasteiger partial charge >= 0.3 is 0 Å². The van der Waals surface area contributed by atoms with E-state index in [9.17, 15) is 4.79 Å². The summed E-state index contributed by atoms with van der Waals surface area (Å²) in [5.74, 6) is 1.05. The first-order valence-electron chi connectivity index (χ1n) is 10.5. The van der Waals surface area contributed by atoms with E-state index in [0.29, 0.717) is 6.04 Å². The van der Waals surface area contributed by atoms with Crippen LogP contribution in [0, 0.1) is 6.92 Å². The van der Waals surface area contributed by atoms with Gasteiger partial charge in [-0.25, -0.2) is 4.98 Å². The summed E-state index contributed by atoms with van der Waals surface area (Å²) < 4.78 is 2.14. The van der Waals surface area contributed by atoms with Crippen molar-refractivity contribution in [3.05, 3.63) is 59.9 Å². The fraction of sp³-hybridized carbons (Fsp3) is 0.391. The number of carbonyl (C=O) groups is 1. The van der Waals surface area contributed by atoms with Gasteiger partial charge in [0.25, 0.3) is 5.91 Å². The van der Waals surface area contributed by atoms with Gasteiger partial charge in [0.1, 0.15) is 5.82 Å². The van der Waals surface area contributed by atoms with Crippen molar-refractivity contribution in [3.63, 3.8) is 0 Å². The molecule has 2 saturated heterocycles. The number of hydrogen-bond acceptors (Lipinski definition) is 4. The molecule has 1 unspecified atom stereocenters. The van der Waals surface area contributed by atoms with Crippen LogP contribution in [0.3, 0.4) is 0 Å². The van der Waals surface area contributed by atoms with Crippen LogP contribution in [0.2, 0.25) is 0 Å². The number of benzene rings is 2. The summed E-state index contributed by atoms with van der Waals surface area (Å²) in [5, 5.41) is 3.40. The molecule has 6 heteroatoms. The van der Waals surface area contributed by atoms with Crippen molar-refractivity contribution in [2.75, 3.05) is 39.3 Å². The fourth-order valence-corrected chi connectivity index (χ4v) is 4.69. The second kappa shape index (κ2) is 7.61. The lowest BCUT2D eigenvalue weighted by molar-refractivity contribution is 0.0773. The number of amides is 1. The second-order valence-corrected chi connectivity index (χ2v) is 8.01. The average molecular weight is 390 g/mol. The van der Waals surface area contributed by atoms with E-state index in [2.05, 4.69) is 26.9 Å². The molecule has 0 bridgehead atoms. The van der Waals surface area contributed by atoms with Gasteiger partial charge in [0.2, 0.25) is 0 Å². The van der Waals surface area contributed by atoms with E-state index in [-0.39, 0.29) is 5.91 Å². The highest BCUT2D eigenvalue weighted by Gasteiger charge is 2.31. The molecule has 1 N–H and O–H groups in total. The first-order chi connectivity index (χ1) is 14.2. The van der Waals surface area contributed by atoms with Crippen molar-refractivity contribution >= 4 is 16.9 Å². The molecule has 0 radical (unpaired) electrons. The molecule has 5 rings (SSSR count). The molecule has 2 fully saturated rings. The lowest BCUT2D eigenvalue weighted by Gasteiger charge is -2.32. The van der Waals surface area contributed by atoms with Crippen molar-refractivity contribution in [1.82, 2.24) is 24.7 Å². The van der Waals surface area contributed by atoms with Gasteiger partial charge in [-0.05, 0) is 43.7 Å². The zero-order valence-electron chi connectivity index (χ0n) is 16.8. The molecule has 0 spiro atoms. The number of nitrogens with one attached hydrogen (secondary N) is 1. The van der Waals surface area contributed by atoms with Crippen LogP contribution in [0.5, 0.6) is 0 Å². The van der Waals surface area contributed by atoms with Gasteiger partial charge in [0, 0.05) is 56.6 Å². The van der Waals surface area contributed by atoms with Crippen LogP contribution < -0.4 is 5.32 Å². The number of fused-ring (bicyclic) bond motifs is 1. The molecule has 1 amide bonds. The van der Waals surface area contributed by atoms with Crippen molar-refractivity contribution in [3.8, 4) is 5.69 Å². The molecular formula is C23H27N5O. The molecule has 3 heterocycles. The fourth-order valence-electron chi connectivity index (χ4n) is 4.69. The third kappa shape index (κ3) is 3.43. The molecule has 2 aliphatic rings. The van der Waals surface area contributed by atoms with Crippen LogP contribution in [0.1, 0.15) is 22.6 Å². The van der Waals surface area contributed by atoms with Crippen LogP contribution in [0.25, 0.3) is 16.7 Å². The largest absolute Gasteiger partial charge is 0.337 e. The minimum absolute atomic E-state index is 0.122. The zero-order chi connectivity index (χ0) is 19.8. The Morgan fingerprint density at radius 1 is 1.07 bits per heavy atom. The van der Waals surface area contributed by atoms with E-state index in [0.717, 1.165) is 73.8 Å². The van der Waals surface area contributed by atoms with Gasteiger partial charge < -0.3 is 10.2 Å². The van der Waals surface area contributed by atoms with Gasteiger partial charge in [0.05, 0.1) is 11.0 Å². The Hall–Kier alpha value is -2.70. The van der Waals surface area contributed by atoms with Crippen LogP contribution in [0.4, 0.5) is 0 Å². The van der Waals surface area contributed by atoms with Gasteiger partial charge in [-0.1, -0.05) is 18.2 Å². The summed E-state index contributed by atoms with van der Waals surface area (Å²) >= 11 is 0. The van der Waals surface area contributed by atoms with E-state index in [1.165, 1.54) is 0 Å². The Labute approximate surface area is 171 Å². The third-order valence-corrected chi connectivity index (χ3v) is 6.20. The number of aromatic nitrogens is 2. The van der Waals surface area contributed by atoms with Crippen LogP contribution >= 0.6 is 0 Å². The zero-order valence-corrected chi connectivity index (χ0v) is 16.8. The third-order valence-electron chi connectivity index (χ3n) is 6.20. The number of aryl methyl sites for hydroxylation is 1. The molecule has 0 aliphatic carbocycles. The highest BCUT2D eigenvalue weighted by Crippen LogP contribution is 2.24. The molecule has 3 aromatic rings. The molecule has 1 aromatic heterocycles. The van der Waals surface area contributed by atoms with Crippen LogP contribution in [-0.2, 0) is 0 Å². The van der Waals surface area contributed by atoms with Crippen LogP contribution in [-0.4, -0.2) is 70.6 Å². The molecule has 1 atom stereocenters. The lowest BCUT2D eigenvalue weighted by atomic mass is 10.1. The summed E-state index contributed by atoms with van der Waals surface area (Å²) in [6, 6.07) is 16.6. The van der Waals surface area contributed by atoms with E-state index >= 15 is 0 Å². The first-order valence-corrected chi connectivity index (χ1v) is 10.5. The summed E-state index contributed by atoms with van der Waals surface area (Å²) in [7, 11) is 0. The molecule has 6 nitrogen and oxygen atoms in total. The molecule has 0 saturated carbocycles. The molecule has 2 aromatic carbocycles. The number of hydrogen-bond donors (Lipinski definition) is 1. The molecule has 150 valence electrons. The highest BCUT2D eigenvalue weighted by molar-refractivity contribution is 5.97. The Kier molecular flexibility index (Phi) is 4.81. The monoisotopic (exact) mass is 389 g/mol. The van der Waals surface area contributed by atoms with E-state index < -0.39 is 0 Å². The maximum absolute atomic E-state index is 13.1. The van der Waals surface area contributed by atoms with Gasteiger partial charge in [-0.15, -0.1) is 0 Å². The summed E-state index contributed by atoms with van der Waals surface area (Å²) in [6.07, 6.45) is 1.07. The van der Waals surface area contributed by atoms with Crippen molar-refractivity contribution in [2.24, 2.45) is 0 Å². The minimum atomic E-state index is 0.122. The normalized spacial score (nSPS) is 20.4. The predicted octanol–water partition coefficient (Wildman–Crippen LogP) is 2.45. The highest BCUT2D eigenvalue weighted by atomic mass is 16.2. The Bertz CT molecular complexity index is 1020. The van der Waals surface area contributed by atoms with Crippen molar-refractivity contribution in [2.45, 2.75) is 19.4 Å². The van der Waals surface area contributed by atoms with Gasteiger partial charge in [0.15, 0.2) is 0 Å². The van der Waals surface area contributed by atoms with Gasteiger partial charge in [-0.2, -0.15) is 0 Å². The Morgan fingerprint density at radius 2 is 1.86 bits per heavy atom. The maximum Gasteiger partial charge on any atom is 0.253 e.